The lowest BCUT2D eigenvalue weighted by molar-refractivity contribution is -0.0459. The molecule has 3 aromatic rings. The van der Waals surface area contributed by atoms with Crippen molar-refractivity contribution in [3.63, 3.8) is 0 Å². The minimum atomic E-state index is -0.168. The average Bonchev–Trinajstić information content (AvgIpc) is 3.07. The third-order valence-corrected chi connectivity index (χ3v) is 7.65. The zero-order chi connectivity index (χ0) is 25.1. The monoisotopic (exact) mass is 494 g/mol. The molecule has 0 spiro atoms. The van der Waals surface area contributed by atoms with E-state index in [0.717, 1.165) is 65.5 Å². The molecule has 8 heteroatoms. The van der Waals surface area contributed by atoms with Crippen LogP contribution in [0.3, 0.4) is 0 Å². The molecule has 2 aromatic heterocycles. The molecule has 7 nitrogen and oxygen atoms in total. The Morgan fingerprint density at radius 3 is 2.74 bits per heavy atom. The number of hydrogen-bond donors (Lipinski definition) is 2. The second-order valence-corrected chi connectivity index (χ2v) is 9.96. The Morgan fingerprint density at radius 1 is 1.31 bits per heavy atom. The number of amides is 1. The van der Waals surface area contributed by atoms with Crippen LogP contribution >= 0.6 is 11.8 Å². The topological polar surface area (TPSA) is 79.4 Å². The zero-order valence-electron chi connectivity index (χ0n) is 20.9. The van der Waals surface area contributed by atoms with Crippen LogP contribution in [0.25, 0.3) is 10.9 Å². The lowest BCUT2D eigenvalue weighted by Crippen LogP contribution is -2.46. The van der Waals surface area contributed by atoms with Gasteiger partial charge in [0, 0.05) is 58.6 Å². The second kappa shape index (κ2) is 10.7. The van der Waals surface area contributed by atoms with Crippen molar-refractivity contribution in [1.82, 2.24) is 19.8 Å². The first-order valence-corrected chi connectivity index (χ1v) is 13.2. The molecule has 0 radical (unpaired) electrons. The summed E-state index contributed by atoms with van der Waals surface area (Å²) in [6.07, 6.45) is 3.74. The Bertz CT molecular complexity index is 1310. The van der Waals surface area contributed by atoms with Gasteiger partial charge >= 0.3 is 0 Å². The molecule has 0 bridgehead atoms. The molecule has 1 amide bonds. The fourth-order valence-corrected chi connectivity index (χ4v) is 5.33. The van der Waals surface area contributed by atoms with Crippen LogP contribution < -0.4 is 10.9 Å². The minimum absolute atomic E-state index is 0.160. The van der Waals surface area contributed by atoms with Crippen LogP contribution in [-0.2, 0) is 17.8 Å². The van der Waals surface area contributed by atoms with Crippen LogP contribution in [0.15, 0.2) is 52.3 Å². The predicted octanol–water partition coefficient (Wildman–Crippen LogP) is 4.22. The summed E-state index contributed by atoms with van der Waals surface area (Å²) in [6.45, 7) is 10.6. The van der Waals surface area contributed by atoms with E-state index >= 15 is 0 Å². The number of H-pyrrole nitrogens is 1. The van der Waals surface area contributed by atoms with Crippen LogP contribution in [0, 0.1) is 13.8 Å². The molecule has 1 saturated heterocycles. The van der Waals surface area contributed by atoms with Gasteiger partial charge in [0.1, 0.15) is 0 Å². The Hall–Kier alpha value is -2.97. The van der Waals surface area contributed by atoms with Crippen molar-refractivity contribution in [1.29, 1.82) is 0 Å². The molecule has 2 N–H and O–H groups in total. The molecule has 4 rings (SSSR count). The molecule has 0 atom stereocenters. The number of nitrogens with one attached hydrogen (secondary N) is 2. The van der Waals surface area contributed by atoms with Gasteiger partial charge in [-0.2, -0.15) is 0 Å². The third kappa shape index (κ3) is 5.18. The number of fused-ring (bicyclic) bond motifs is 1. The summed E-state index contributed by atoms with van der Waals surface area (Å²) < 4.78 is 7.51. The van der Waals surface area contributed by atoms with Gasteiger partial charge in [0.2, 0.25) is 0 Å². The predicted molar refractivity (Wildman–Crippen MR) is 142 cm³/mol. The van der Waals surface area contributed by atoms with E-state index < -0.39 is 0 Å². The van der Waals surface area contributed by atoms with Gasteiger partial charge in [-0.25, -0.2) is 0 Å². The van der Waals surface area contributed by atoms with Gasteiger partial charge in [-0.1, -0.05) is 24.8 Å². The summed E-state index contributed by atoms with van der Waals surface area (Å²) in [5.74, 6) is -0.168. The standard InChI is InChI=1S/C27H34N4O3S/c1-17-13-24(35-5)22(26(32)29-17)14-28-27(33)25-19(3)31(23-11-7-6-10-21(23)25)12-8-9-18(2)30(4)20-15-34-16-20/h6-7,10-11,13,20H,2,8-9,12,14-16H2,1,3-5H3,(H,28,33)(H,29,32). The lowest BCUT2D eigenvalue weighted by atomic mass is 10.1. The van der Waals surface area contributed by atoms with Gasteiger partial charge in [0.15, 0.2) is 0 Å². The van der Waals surface area contributed by atoms with Gasteiger partial charge < -0.3 is 24.5 Å². The second-order valence-electron chi connectivity index (χ2n) is 9.11. The molecule has 186 valence electrons. The first-order chi connectivity index (χ1) is 16.8. The fourth-order valence-electron chi connectivity index (χ4n) is 4.62. The van der Waals surface area contributed by atoms with E-state index in [1.165, 1.54) is 11.8 Å². The van der Waals surface area contributed by atoms with Crippen molar-refractivity contribution in [2.24, 2.45) is 0 Å². The van der Waals surface area contributed by atoms with Gasteiger partial charge in [0.05, 0.1) is 24.8 Å². The number of nitrogens with zero attached hydrogens (tertiary/aromatic N) is 2. The van der Waals surface area contributed by atoms with Crippen molar-refractivity contribution in [3.8, 4) is 0 Å². The van der Waals surface area contributed by atoms with Crippen LogP contribution in [0.2, 0.25) is 0 Å². The van der Waals surface area contributed by atoms with E-state index in [-0.39, 0.29) is 18.0 Å². The molecule has 0 unspecified atom stereocenters. The van der Waals surface area contributed by atoms with Crippen LogP contribution in [0.5, 0.6) is 0 Å². The number of ether oxygens (including phenoxy) is 1. The molecular weight excluding hydrogens is 460 g/mol. The fraction of sp³-hybridized carbons (Fsp3) is 0.407. The molecule has 0 saturated carbocycles. The van der Waals surface area contributed by atoms with E-state index in [1.807, 2.05) is 44.4 Å². The summed E-state index contributed by atoms with van der Waals surface area (Å²) >= 11 is 1.51. The summed E-state index contributed by atoms with van der Waals surface area (Å²) in [6, 6.07) is 10.4. The summed E-state index contributed by atoms with van der Waals surface area (Å²) in [7, 11) is 2.08. The number of pyridine rings is 1. The Balaban J connectivity index is 1.51. The molecule has 1 aliphatic rings. The van der Waals surface area contributed by atoms with Gasteiger partial charge in [-0.05, 0) is 45.1 Å². The van der Waals surface area contributed by atoms with E-state index in [0.29, 0.717) is 17.2 Å². The van der Waals surface area contributed by atoms with Crippen molar-refractivity contribution >= 4 is 28.6 Å². The van der Waals surface area contributed by atoms with Crippen molar-refractivity contribution in [2.75, 3.05) is 26.5 Å². The number of carbonyl (C=O) groups is 1. The number of likely N-dealkylation sites (N-methyl/N-ethyl adjacent to an activating group) is 1. The number of aromatic amines is 1. The molecule has 35 heavy (non-hydrogen) atoms. The van der Waals surface area contributed by atoms with E-state index in [9.17, 15) is 9.59 Å². The highest BCUT2D eigenvalue weighted by molar-refractivity contribution is 7.98. The lowest BCUT2D eigenvalue weighted by Gasteiger charge is -2.37. The SMILES string of the molecule is C=C(CCCn1c(C)c(C(=O)NCc2c(SC)cc(C)[nH]c2=O)c2ccccc21)N(C)C1COC1. The highest BCUT2D eigenvalue weighted by Gasteiger charge is 2.24. The number of rotatable bonds is 10. The maximum absolute atomic E-state index is 13.4. The number of allylic oxidation sites excluding steroid dienone is 1. The largest absolute Gasteiger partial charge is 0.377 e. The number of carbonyl (C=O) groups excluding carboxylic acids is 1. The molecule has 1 fully saturated rings. The van der Waals surface area contributed by atoms with Gasteiger partial charge in [-0.15, -0.1) is 11.8 Å². The van der Waals surface area contributed by atoms with Gasteiger partial charge in [-0.3, -0.25) is 9.59 Å². The first kappa shape index (κ1) is 25.1. The molecule has 3 heterocycles. The van der Waals surface area contributed by atoms with Crippen molar-refractivity contribution < 1.29 is 9.53 Å². The molecule has 1 aliphatic heterocycles. The van der Waals surface area contributed by atoms with Crippen LogP contribution in [-0.4, -0.2) is 52.9 Å². The first-order valence-electron chi connectivity index (χ1n) is 11.9. The minimum Gasteiger partial charge on any atom is -0.377 e. The number of benzene rings is 1. The Morgan fingerprint density at radius 2 is 2.06 bits per heavy atom. The van der Waals surface area contributed by atoms with Gasteiger partial charge in [0.25, 0.3) is 11.5 Å². The number of hydrogen-bond acceptors (Lipinski definition) is 5. The number of aromatic nitrogens is 2. The third-order valence-electron chi connectivity index (χ3n) is 6.85. The van der Waals surface area contributed by atoms with Crippen molar-refractivity contribution in [3.05, 3.63) is 75.5 Å². The zero-order valence-corrected chi connectivity index (χ0v) is 21.8. The van der Waals surface area contributed by atoms with E-state index in [1.54, 1.807) is 0 Å². The van der Waals surface area contributed by atoms with Crippen LogP contribution in [0.1, 0.15) is 40.2 Å². The summed E-state index contributed by atoms with van der Waals surface area (Å²) in [4.78, 5) is 31.8. The smallest absolute Gasteiger partial charge is 0.254 e. The highest BCUT2D eigenvalue weighted by atomic mass is 32.2. The molecule has 1 aromatic carbocycles. The molecular formula is C27H34N4O3S. The number of para-hydroxylation sites is 1. The van der Waals surface area contributed by atoms with E-state index in [4.69, 9.17) is 4.74 Å². The normalized spacial score (nSPS) is 13.6. The maximum Gasteiger partial charge on any atom is 0.254 e. The highest BCUT2D eigenvalue weighted by Crippen LogP contribution is 2.27. The Kier molecular flexibility index (Phi) is 7.72. The molecule has 0 aliphatic carbocycles. The van der Waals surface area contributed by atoms with Crippen molar-refractivity contribution in [2.45, 2.75) is 50.7 Å². The summed E-state index contributed by atoms with van der Waals surface area (Å²) in [5.41, 5.74) is 4.97. The Labute approximate surface area is 210 Å². The quantitative estimate of drug-likeness (QED) is 0.413. The maximum atomic E-state index is 13.4. The summed E-state index contributed by atoms with van der Waals surface area (Å²) in [5, 5.41) is 3.92. The average molecular weight is 495 g/mol. The van der Waals surface area contributed by atoms with Crippen LogP contribution in [0.4, 0.5) is 0 Å². The number of thioether (sulfide) groups is 1. The number of aryl methyl sites for hydroxylation is 2. The van der Waals surface area contributed by atoms with E-state index in [2.05, 4.69) is 39.5 Å².